The second kappa shape index (κ2) is 9.04. The summed E-state index contributed by atoms with van der Waals surface area (Å²) in [7, 11) is -3.88. The Balaban J connectivity index is 2.04. The number of sulfonamides is 1. The van der Waals surface area contributed by atoms with Crippen molar-refractivity contribution in [2.45, 2.75) is 11.3 Å². The van der Waals surface area contributed by atoms with Crippen molar-refractivity contribution in [1.82, 2.24) is 0 Å². The SMILES string of the molecule is NC(=O)c1cc(C#CCc2cc(O)ccc2C(=O)O)cc(-c2ccc(S(N)(=O)=O)cc2)c1N. The highest BCUT2D eigenvalue weighted by Gasteiger charge is 2.15. The van der Waals surface area contributed by atoms with Crippen LogP contribution in [0.1, 0.15) is 31.8 Å². The molecule has 33 heavy (non-hydrogen) atoms. The molecule has 0 heterocycles. The molecule has 0 aromatic heterocycles. The third-order valence-electron chi connectivity index (χ3n) is 4.77. The zero-order chi connectivity index (χ0) is 24.3. The van der Waals surface area contributed by atoms with Crippen LogP contribution in [0.15, 0.2) is 59.5 Å². The summed E-state index contributed by atoms with van der Waals surface area (Å²) in [5, 5.41) is 24.1. The number of benzene rings is 3. The lowest BCUT2D eigenvalue weighted by Crippen LogP contribution is -2.14. The normalized spacial score (nSPS) is 10.8. The molecular formula is C23H19N3O6S. The fourth-order valence-electron chi connectivity index (χ4n) is 3.17. The monoisotopic (exact) mass is 465 g/mol. The number of hydrogen-bond donors (Lipinski definition) is 5. The number of rotatable bonds is 5. The molecule has 0 atom stereocenters. The number of carbonyl (C=O) groups is 2. The summed E-state index contributed by atoms with van der Waals surface area (Å²) in [5.41, 5.74) is 13.3. The van der Waals surface area contributed by atoms with Gasteiger partial charge in [-0.15, -0.1) is 0 Å². The largest absolute Gasteiger partial charge is 0.508 e. The van der Waals surface area contributed by atoms with Crippen molar-refractivity contribution in [1.29, 1.82) is 0 Å². The molecule has 168 valence electrons. The molecule has 0 bridgehead atoms. The minimum Gasteiger partial charge on any atom is -0.508 e. The summed E-state index contributed by atoms with van der Waals surface area (Å²) in [6.07, 6.45) is 0.0186. The van der Waals surface area contributed by atoms with Gasteiger partial charge in [0.2, 0.25) is 10.0 Å². The number of carboxylic acids is 1. The highest BCUT2D eigenvalue weighted by molar-refractivity contribution is 7.89. The van der Waals surface area contributed by atoms with E-state index in [1.165, 1.54) is 48.5 Å². The Hall–Kier alpha value is -4.33. The summed E-state index contributed by atoms with van der Waals surface area (Å²) < 4.78 is 23.0. The van der Waals surface area contributed by atoms with Crippen LogP contribution in [0.25, 0.3) is 11.1 Å². The van der Waals surface area contributed by atoms with Gasteiger partial charge in [-0.2, -0.15) is 0 Å². The number of primary amides is 1. The predicted octanol–water partition coefficient (Wildman–Crippen LogP) is 1.68. The first-order chi connectivity index (χ1) is 15.5. The van der Waals surface area contributed by atoms with Gasteiger partial charge in [0.25, 0.3) is 5.91 Å². The van der Waals surface area contributed by atoms with E-state index in [1.807, 2.05) is 0 Å². The van der Waals surface area contributed by atoms with E-state index in [-0.39, 0.29) is 33.9 Å². The Morgan fingerprint density at radius 2 is 1.64 bits per heavy atom. The van der Waals surface area contributed by atoms with Gasteiger partial charge in [0, 0.05) is 17.5 Å². The average Bonchev–Trinajstić information content (AvgIpc) is 2.74. The molecule has 0 unspecified atom stereocenters. The maximum Gasteiger partial charge on any atom is 0.336 e. The molecule has 3 aromatic rings. The number of carboxylic acid groups (broad SMARTS) is 1. The Kier molecular flexibility index (Phi) is 6.39. The average molecular weight is 465 g/mol. The predicted molar refractivity (Wildman–Crippen MR) is 122 cm³/mol. The number of carbonyl (C=O) groups excluding carboxylic acids is 1. The van der Waals surface area contributed by atoms with Gasteiger partial charge in [-0.3, -0.25) is 4.79 Å². The minimum absolute atomic E-state index is 0.00728. The van der Waals surface area contributed by atoms with Gasteiger partial charge in [0.15, 0.2) is 0 Å². The number of nitrogens with two attached hydrogens (primary N) is 3. The summed E-state index contributed by atoms with van der Waals surface area (Å²) in [4.78, 5) is 23.2. The van der Waals surface area contributed by atoms with Gasteiger partial charge in [-0.1, -0.05) is 24.0 Å². The lowest BCUT2D eigenvalue weighted by atomic mass is 9.96. The standard InChI is InChI=1S/C23H19N3O6S/c24-21-19(14-4-7-17(8-5-14)33(26,31)32)10-13(11-20(21)22(25)28)2-1-3-15-12-16(27)6-9-18(15)23(29)30/h4-12,27H,3,24H2,(H2,25,28)(H,29,30)(H2,26,31,32). The molecule has 10 heteroatoms. The quantitative estimate of drug-likeness (QED) is 0.280. The first-order valence-electron chi connectivity index (χ1n) is 9.38. The molecule has 0 aliphatic heterocycles. The van der Waals surface area contributed by atoms with Crippen LogP contribution < -0.4 is 16.6 Å². The van der Waals surface area contributed by atoms with E-state index in [2.05, 4.69) is 11.8 Å². The summed E-state index contributed by atoms with van der Waals surface area (Å²) in [5.74, 6) is 3.64. The molecule has 3 rings (SSSR count). The molecular weight excluding hydrogens is 446 g/mol. The smallest absolute Gasteiger partial charge is 0.336 e. The number of aromatic carboxylic acids is 1. The zero-order valence-electron chi connectivity index (χ0n) is 17.1. The Labute approximate surface area is 189 Å². The Bertz CT molecular complexity index is 1440. The van der Waals surface area contributed by atoms with Crippen LogP contribution in [0.5, 0.6) is 5.75 Å². The van der Waals surface area contributed by atoms with Gasteiger partial charge in [0.05, 0.1) is 21.7 Å². The van der Waals surface area contributed by atoms with Crippen LogP contribution in [-0.4, -0.2) is 30.5 Å². The van der Waals surface area contributed by atoms with Crippen LogP contribution in [-0.2, 0) is 16.4 Å². The van der Waals surface area contributed by atoms with Gasteiger partial charge in [-0.25, -0.2) is 18.4 Å². The lowest BCUT2D eigenvalue weighted by Gasteiger charge is -2.11. The Morgan fingerprint density at radius 1 is 0.970 bits per heavy atom. The topological polar surface area (TPSA) is 187 Å². The van der Waals surface area contributed by atoms with Crippen molar-refractivity contribution in [2.75, 3.05) is 5.73 Å². The molecule has 3 aromatic carbocycles. The molecule has 0 aliphatic rings. The van der Waals surface area contributed by atoms with Gasteiger partial charge in [0.1, 0.15) is 5.75 Å². The van der Waals surface area contributed by atoms with Gasteiger partial charge in [-0.05, 0) is 53.6 Å². The van der Waals surface area contributed by atoms with Crippen LogP contribution in [0.2, 0.25) is 0 Å². The fourth-order valence-corrected chi connectivity index (χ4v) is 3.68. The molecule has 0 saturated heterocycles. The van der Waals surface area contributed by atoms with Gasteiger partial charge < -0.3 is 21.7 Å². The molecule has 8 N–H and O–H groups in total. The van der Waals surface area contributed by atoms with E-state index in [9.17, 15) is 28.2 Å². The number of aromatic hydroxyl groups is 1. The van der Waals surface area contributed by atoms with Crippen molar-refractivity contribution in [3.63, 3.8) is 0 Å². The maximum absolute atomic E-state index is 11.9. The Morgan fingerprint density at radius 3 is 2.21 bits per heavy atom. The summed E-state index contributed by atoms with van der Waals surface area (Å²) >= 11 is 0. The third kappa shape index (κ3) is 5.30. The van der Waals surface area contributed by atoms with Crippen LogP contribution in [0.4, 0.5) is 5.69 Å². The van der Waals surface area contributed by atoms with Crippen molar-refractivity contribution >= 4 is 27.6 Å². The highest BCUT2D eigenvalue weighted by atomic mass is 32.2. The highest BCUT2D eigenvalue weighted by Crippen LogP contribution is 2.31. The van der Waals surface area contributed by atoms with E-state index in [0.29, 0.717) is 22.3 Å². The second-order valence-electron chi connectivity index (χ2n) is 7.04. The van der Waals surface area contributed by atoms with Crippen molar-refractivity contribution in [2.24, 2.45) is 10.9 Å². The second-order valence-corrected chi connectivity index (χ2v) is 8.61. The van der Waals surface area contributed by atoms with E-state index >= 15 is 0 Å². The molecule has 0 fully saturated rings. The molecule has 9 nitrogen and oxygen atoms in total. The number of anilines is 1. The molecule has 1 amide bonds. The summed E-state index contributed by atoms with van der Waals surface area (Å²) in [6, 6.07) is 12.5. The fraction of sp³-hybridized carbons (Fsp3) is 0.0435. The molecule has 0 saturated carbocycles. The molecule has 0 radical (unpaired) electrons. The number of nitrogen functional groups attached to an aromatic ring is 1. The van der Waals surface area contributed by atoms with Crippen LogP contribution in [0, 0.1) is 11.8 Å². The van der Waals surface area contributed by atoms with E-state index in [0.717, 1.165) is 0 Å². The van der Waals surface area contributed by atoms with E-state index in [4.69, 9.17) is 16.6 Å². The number of phenolic OH excluding ortho intramolecular Hbond substituents is 1. The van der Waals surface area contributed by atoms with Crippen molar-refractivity contribution in [3.8, 4) is 28.7 Å². The van der Waals surface area contributed by atoms with Crippen molar-refractivity contribution in [3.05, 3.63) is 76.9 Å². The van der Waals surface area contributed by atoms with Crippen LogP contribution >= 0.6 is 0 Å². The third-order valence-corrected chi connectivity index (χ3v) is 5.70. The first kappa shape index (κ1) is 23.3. The lowest BCUT2D eigenvalue weighted by molar-refractivity contribution is 0.0695. The minimum atomic E-state index is -3.88. The zero-order valence-corrected chi connectivity index (χ0v) is 17.9. The van der Waals surface area contributed by atoms with Crippen molar-refractivity contribution < 1.29 is 28.2 Å². The van der Waals surface area contributed by atoms with Crippen LogP contribution in [0.3, 0.4) is 0 Å². The van der Waals surface area contributed by atoms with E-state index in [1.54, 1.807) is 6.07 Å². The van der Waals surface area contributed by atoms with Gasteiger partial charge >= 0.3 is 5.97 Å². The number of phenols is 1. The molecule has 0 spiro atoms. The summed E-state index contributed by atoms with van der Waals surface area (Å²) in [6.45, 7) is 0. The maximum atomic E-state index is 11.9. The van der Waals surface area contributed by atoms with E-state index < -0.39 is 21.9 Å². The molecule has 0 aliphatic carbocycles. The number of amides is 1. The number of hydrogen-bond acceptors (Lipinski definition) is 6. The number of primary sulfonamides is 1. The first-order valence-corrected chi connectivity index (χ1v) is 10.9.